The molecule has 2 fully saturated rings. The van der Waals surface area contributed by atoms with E-state index >= 15 is 0 Å². The van der Waals surface area contributed by atoms with Crippen molar-refractivity contribution in [2.45, 2.75) is 56.4 Å². The van der Waals surface area contributed by atoms with Gasteiger partial charge in [0, 0.05) is 30.6 Å². The Morgan fingerprint density at radius 2 is 1.65 bits per heavy atom. The van der Waals surface area contributed by atoms with Crippen molar-refractivity contribution in [3.05, 3.63) is 29.8 Å². The van der Waals surface area contributed by atoms with Crippen LogP contribution in [0.25, 0.3) is 0 Å². The summed E-state index contributed by atoms with van der Waals surface area (Å²) in [6.07, 6.45) is 5.48. The van der Waals surface area contributed by atoms with Crippen LogP contribution in [0.4, 0.5) is 0 Å². The molecule has 3 rings (SSSR count). The quantitative estimate of drug-likeness (QED) is 0.783. The molecule has 2 heterocycles. The van der Waals surface area contributed by atoms with Crippen molar-refractivity contribution in [1.82, 2.24) is 9.80 Å². The minimum atomic E-state index is 0.381. The SMILES string of the molecule is CSc1ccc(CN2CCC(N3C[C@@H](C)O[C@@H](C)C3)CC2)cc1. The zero-order valence-corrected chi connectivity index (χ0v) is 15.5. The van der Waals surface area contributed by atoms with Gasteiger partial charge in [0.2, 0.25) is 0 Å². The van der Waals surface area contributed by atoms with Gasteiger partial charge >= 0.3 is 0 Å². The van der Waals surface area contributed by atoms with Crippen LogP contribution in [0.5, 0.6) is 0 Å². The van der Waals surface area contributed by atoms with Gasteiger partial charge in [-0.1, -0.05) is 12.1 Å². The molecule has 0 N–H and O–H groups in total. The third kappa shape index (κ3) is 4.72. The molecule has 2 aliphatic heterocycles. The van der Waals surface area contributed by atoms with Crippen molar-refractivity contribution in [3.8, 4) is 0 Å². The Morgan fingerprint density at radius 1 is 1.04 bits per heavy atom. The molecule has 0 aliphatic carbocycles. The van der Waals surface area contributed by atoms with Crippen LogP contribution in [-0.2, 0) is 11.3 Å². The Morgan fingerprint density at radius 3 is 2.22 bits per heavy atom. The number of hydrogen-bond acceptors (Lipinski definition) is 4. The lowest BCUT2D eigenvalue weighted by atomic mass is 10.0. The van der Waals surface area contributed by atoms with Crippen LogP contribution < -0.4 is 0 Å². The van der Waals surface area contributed by atoms with Crippen molar-refractivity contribution in [2.75, 3.05) is 32.4 Å². The Balaban J connectivity index is 1.48. The zero-order chi connectivity index (χ0) is 16.2. The average Bonchev–Trinajstić information content (AvgIpc) is 2.55. The molecule has 2 saturated heterocycles. The van der Waals surface area contributed by atoms with Crippen molar-refractivity contribution < 1.29 is 4.74 Å². The molecular formula is C19H30N2OS. The van der Waals surface area contributed by atoms with Crippen molar-refractivity contribution in [1.29, 1.82) is 0 Å². The maximum absolute atomic E-state index is 5.87. The number of likely N-dealkylation sites (tertiary alicyclic amines) is 1. The molecular weight excluding hydrogens is 304 g/mol. The molecule has 1 aromatic rings. The fourth-order valence-electron chi connectivity index (χ4n) is 3.95. The smallest absolute Gasteiger partial charge is 0.0678 e. The maximum Gasteiger partial charge on any atom is 0.0678 e. The Bertz CT molecular complexity index is 475. The maximum atomic E-state index is 5.87. The molecule has 0 saturated carbocycles. The Kier molecular flexibility index (Phi) is 6.02. The van der Waals surface area contributed by atoms with Crippen LogP contribution in [0.1, 0.15) is 32.3 Å². The number of hydrogen-bond donors (Lipinski definition) is 0. The van der Waals surface area contributed by atoms with E-state index in [0.29, 0.717) is 12.2 Å². The summed E-state index contributed by atoms with van der Waals surface area (Å²) in [7, 11) is 0. The standard InChI is InChI=1S/C19H30N2OS/c1-15-12-21(13-16(2)22-15)18-8-10-20(11-9-18)14-17-4-6-19(23-3)7-5-17/h4-7,15-16,18H,8-14H2,1-3H3/t15-,16+. The average molecular weight is 335 g/mol. The molecule has 2 atom stereocenters. The number of ether oxygens (including phenoxy) is 1. The topological polar surface area (TPSA) is 15.7 Å². The first-order chi connectivity index (χ1) is 11.1. The molecule has 0 bridgehead atoms. The molecule has 2 aliphatic rings. The molecule has 0 spiro atoms. The van der Waals surface area contributed by atoms with Crippen LogP contribution in [0.2, 0.25) is 0 Å². The van der Waals surface area contributed by atoms with Crippen molar-refractivity contribution in [2.24, 2.45) is 0 Å². The summed E-state index contributed by atoms with van der Waals surface area (Å²) in [5.74, 6) is 0. The van der Waals surface area contributed by atoms with E-state index in [1.807, 2.05) is 11.8 Å². The van der Waals surface area contributed by atoms with Gasteiger partial charge in [0.1, 0.15) is 0 Å². The van der Waals surface area contributed by atoms with Gasteiger partial charge in [-0.25, -0.2) is 0 Å². The van der Waals surface area contributed by atoms with E-state index in [2.05, 4.69) is 54.2 Å². The monoisotopic (exact) mass is 334 g/mol. The molecule has 3 nitrogen and oxygen atoms in total. The van der Waals surface area contributed by atoms with Crippen LogP contribution in [0.3, 0.4) is 0 Å². The van der Waals surface area contributed by atoms with Gasteiger partial charge in [-0.15, -0.1) is 11.8 Å². The van der Waals surface area contributed by atoms with E-state index in [1.165, 1.54) is 36.4 Å². The summed E-state index contributed by atoms with van der Waals surface area (Å²) < 4.78 is 5.87. The van der Waals surface area contributed by atoms with Crippen LogP contribution in [0, 0.1) is 0 Å². The van der Waals surface area contributed by atoms with Gasteiger partial charge in [0.05, 0.1) is 12.2 Å². The van der Waals surface area contributed by atoms with Gasteiger partial charge in [-0.05, 0) is 63.7 Å². The summed E-state index contributed by atoms with van der Waals surface area (Å²) in [5, 5.41) is 0. The molecule has 1 aromatic carbocycles. The van der Waals surface area contributed by atoms with Gasteiger partial charge < -0.3 is 4.74 Å². The van der Waals surface area contributed by atoms with Gasteiger partial charge in [0.15, 0.2) is 0 Å². The highest BCUT2D eigenvalue weighted by Crippen LogP contribution is 2.23. The predicted molar refractivity (Wildman–Crippen MR) is 98.1 cm³/mol. The van der Waals surface area contributed by atoms with E-state index in [-0.39, 0.29) is 0 Å². The second-order valence-corrected chi connectivity index (χ2v) is 7.95. The van der Waals surface area contributed by atoms with Crippen LogP contribution in [0.15, 0.2) is 29.2 Å². The molecule has 23 heavy (non-hydrogen) atoms. The number of rotatable bonds is 4. The number of morpholine rings is 1. The van der Waals surface area contributed by atoms with Crippen molar-refractivity contribution in [3.63, 3.8) is 0 Å². The van der Waals surface area contributed by atoms with Gasteiger partial charge in [-0.3, -0.25) is 9.80 Å². The molecule has 0 radical (unpaired) electrons. The second kappa shape index (κ2) is 8.02. The largest absolute Gasteiger partial charge is 0.373 e. The second-order valence-electron chi connectivity index (χ2n) is 7.07. The highest BCUT2D eigenvalue weighted by Gasteiger charge is 2.30. The lowest BCUT2D eigenvalue weighted by molar-refractivity contribution is -0.0865. The predicted octanol–water partition coefficient (Wildman–Crippen LogP) is 3.48. The zero-order valence-electron chi connectivity index (χ0n) is 14.7. The first-order valence-corrected chi connectivity index (χ1v) is 10.1. The van der Waals surface area contributed by atoms with E-state index < -0.39 is 0 Å². The van der Waals surface area contributed by atoms with Gasteiger partial charge in [0.25, 0.3) is 0 Å². The first kappa shape index (κ1) is 17.3. The number of nitrogens with zero attached hydrogens (tertiary/aromatic N) is 2. The third-order valence-electron chi connectivity index (χ3n) is 5.09. The molecule has 0 amide bonds. The fourth-order valence-corrected chi connectivity index (χ4v) is 4.36. The summed E-state index contributed by atoms with van der Waals surface area (Å²) in [6.45, 7) is 10.1. The number of piperidine rings is 1. The summed E-state index contributed by atoms with van der Waals surface area (Å²) >= 11 is 1.81. The lowest BCUT2D eigenvalue weighted by Gasteiger charge is -2.43. The Hall–Kier alpha value is -0.550. The van der Waals surface area contributed by atoms with E-state index in [1.54, 1.807) is 0 Å². The van der Waals surface area contributed by atoms with E-state index in [0.717, 1.165) is 25.7 Å². The van der Waals surface area contributed by atoms with Gasteiger partial charge in [-0.2, -0.15) is 0 Å². The molecule has 0 aromatic heterocycles. The van der Waals surface area contributed by atoms with Crippen molar-refractivity contribution >= 4 is 11.8 Å². The fraction of sp³-hybridized carbons (Fsp3) is 0.684. The third-order valence-corrected chi connectivity index (χ3v) is 5.83. The molecule has 128 valence electrons. The summed E-state index contributed by atoms with van der Waals surface area (Å²) in [5.41, 5.74) is 1.44. The molecule has 4 heteroatoms. The number of thioether (sulfide) groups is 1. The highest BCUT2D eigenvalue weighted by atomic mass is 32.2. The van der Waals surface area contributed by atoms with E-state index in [9.17, 15) is 0 Å². The highest BCUT2D eigenvalue weighted by molar-refractivity contribution is 7.98. The Labute approximate surface area is 145 Å². The van der Waals surface area contributed by atoms with E-state index in [4.69, 9.17) is 4.74 Å². The minimum Gasteiger partial charge on any atom is -0.373 e. The molecule has 0 unspecified atom stereocenters. The minimum absolute atomic E-state index is 0.381. The first-order valence-electron chi connectivity index (χ1n) is 8.89. The normalized spacial score (nSPS) is 28.1. The lowest BCUT2D eigenvalue weighted by Crippen LogP contribution is -2.53. The van der Waals surface area contributed by atoms with Crippen LogP contribution >= 0.6 is 11.8 Å². The number of benzene rings is 1. The summed E-state index contributed by atoms with van der Waals surface area (Å²) in [4.78, 5) is 6.63. The summed E-state index contributed by atoms with van der Waals surface area (Å²) in [6, 6.07) is 9.79. The van der Waals surface area contributed by atoms with Crippen LogP contribution in [-0.4, -0.2) is 60.5 Å².